The number of hydrogen-bond donors (Lipinski definition) is 0. The fourth-order valence-electron chi connectivity index (χ4n) is 3.41. The predicted molar refractivity (Wildman–Crippen MR) is 115 cm³/mol. The molecule has 3 heterocycles. The molecule has 1 amide bonds. The van der Waals surface area contributed by atoms with E-state index < -0.39 is 0 Å². The van der Waals surface area contributed by atoms with Gasteiger partial charge in [0.2, 0.25) is 5.91 Å². The van der Waals surface area contributed by atoms with Gasteiger partial charge in [0.05, 0.1) is 11.4 Å². The monoisotopic (exact) mass is 412 g/mol. The molecular formula is C21H24N4OS2. The molecule has 4 rings (SSSR count). The molecular weight excluding hydrogens is 388 g/mol. The van der Waals surface area contributed by atoms with Crippen LogP contribution in [0.2, 0.25) is 0 Å². The Labute approximate surface area is 174 Å². The van der Waals surface area contributed by atoms with Gasteiger partial charge in [-0.3, -0.25) is 14.3 Å². The third-order valence-electron chi connectivity index (χ3n) is 4.99. The topological polar surface area (TPSA) is 41.4 Å². The maximum absolute atomic E-state index is 12.7. The fraction of sp³-hybridized carbons (Fsp3) is 0.333. The highest BCUT2D eigenvalue weighted by Gasteiger charge is 2.22. The average Bonchev–Trinajstić information content (AvgIpc) is 3.39. The first-order chi connectivity index (χ1) is 13.7. The Kier molecular flexibility index (Phi) is 6.14. The summed E-state index contributed by atoms with van der Waals surface area (Å²) in [6, 6.07) is 12.5. The number of thiophene rings is 1. The molecule has 1 aliphatic rings. The first-order valence-corrected chi connectivity index (χ1v) is 11.3. The summed E-state index contributed by atoms with van der Waals surface area (Å²) in [6.07, 6.45) is 3.75. The van der Waals surface area contributed by atoms with Crippen LogP contribution < -0.4 is 0 Å². The Balaban J connectivity index is 1.30. The quantitative estimate of drug-likeness (QED) is 0.579. The van der Waals surface area contributed by atoms with Gasteiger partial charge < -0.3 is 4.90 Å². The molecule has 0 radical (unpaired) electrons. The van der Waals surface area contributed by atoms with Gasteiger partial charge in [-0.05, 0) is 30.0 Å². The molecule has 5 nitrogen and oxygen atoms in total. The number of imidazole rings is 1. The van der Waals surface area contributed by atoms with Crippen molar-refractivity contribution in [3.63, 3.8) is 0 Å². The van der Waals surface area contributed by atoms with Crippen molar-refractivity contribution in [1.82, 2.24) is 19.4 Å². The summed E-state index contributed by atoms with van der Waals surface area (Å²) in [5.74, 6) is 0.619. The van der Waals surface area contributed by atoms with Crippen LogP contribution in [0.3, 0.4) is 0 Å². The van der Waals surface area contributed by atoms with Crippen molar-refractivity contribution in [2.24, 2.45) is 0 Å². The van der Waals surface area contributed by atoms with E-state index >= 15 is 0 Å². The molecule has 0 N–H and O–H groups in total. The molecule has 1 aromatic carbocycles. The van der Waals surface area contributed by atoms with Gasteiger partial charge in [-0.2, -0.15) is 0 Å². The van der Waals surface area contributed by atoms with E-state index in [2.05, 4.69) is 51.0 Å². The Morgan fingerprint density at radius 3 is 2.71 bits per heavy atom. The summed E-state index contributed by atoms with van der Waals surface area (Å²) in [5, 5.41) is 2.98. The zero-order valence-corrected chi connectivity index (χ0v) is 17.6. The van der Waals surface area contributed by atoms with Crippen molar-refractivity contribution in [1.29, 1.82) is 0 Å². The number of rotatable bonds is 6. The highest BCUT2D eigenvalue weighted by atomic mass is 32.2. The normalized spacial score (nSPS) is 15.1. The maximum Gasteiger partial charge on any atom is 0.233 e. The molecule has 3 aromatic rings. The fourth-order valence-corrected chi connectivity index (χ4v) is 5.02. The molecule has 1 saturated heterocycles. The minimum absolute atomic E-state index is 0.195. The van der Waals surface area contributed by atoms with Crippen LogP contribution in [0.4, 0.5) is 0 Å². The lowest BCUT2D eigenvalue weighted by Gasteiger charge is -2.34. The SMILES string of the molecule is Cc1ccccc1-n1ccnc1SCC(=O)N1CCN(Cc2cccs2)CC1. The number of para-hydroxylation sites is 1. The second-order valence-electron chi connectivity index (χ2n) is 6.89. The molecule has 0 aliphatic carbocycles. The first-order valence-electron chi connectivity index (χ1n) is 9.45. The van der Waals surface area contributed by atoms with Gasteiger partial charge in [-0.15, -0.1) is 11.3 Å². The van der Waals surface area contributed by atoms with Crippen molar-refractivity contribution in [2.75, 3.05) is 31.9 Å². The largest absolute Gasteiger partial charge is 0.339 e. The van der Waals surface area contributed by atoms with E-state index in [1.807, 2.05) is 23.2 Å². The first kappa shape index (κ1) is 19.2. The van der Waals surface area contributed by atoms with Crippen molar-refractivity contribution >= 4 is 29.0 Å². The second-order valence-corrected chi connectivity index (χ2v) is 8.87. The predicted octanol–water partition coefficient (Wildman–Crippen LogP) is 3.68. The van der Waals surface area contributed by atoms with Crippen LogP contribution in [0.25, 0.3) is 5.69 Å². The molecule has 0 unspecified atom stereocenters. The number of nitrogens with zero attached hydrogens (tertiary/aromatic N) is 4. The van der Waals surface area contributed by atoms with Gasteiger partial charge in [0, 0.05) is 50.0 Å². The lowest BCUT2D eigenvalue weighted by molar-refractivity contribution is -0.130. The van der Waals surface area contributed by atoms with E-state index in [4.69, 9.17) is 0 Å². The summed E-state index contributed by atoms with van der Waals surface area (Å²) in [5.41, 5.74) is 2.30. The summed E-state index contributed by atoms with van der Waals surface area (Å²) in [7, 11) is 0. The number of aromatic nitrogens is 2. The third kappa shape index (κ3) is 4.48. The number of amides is 1. The van der Waals surface area contributed by atoms with Crippen LogP contribution in [-0.2, 0) is 11.3 Å². The highest BCUT2D eigenvalue weighted by molar-refractivity contribution is 7.99. The highest BCUT2D eigenvalue weighted by Crippen LogP contribution is 2.23. The molecule has 28 heavy (non-hydrogen) atoms. The number of thioether (sulfide) groups is 1. The Morgan fingerprint density at radius 2 is 1.96 bits per heavy atom. The number of piperazine rings is 1. The van der Waals surface area contributed by atoms with E-state index in [0.29, 0.717) is 5.75 Å². The molecule has 2 aromatic heterocycles. The molecule has 0 bridgehead atoms. The Morgan fingerprint density at radius 1 is 1.14 bits per heavy atom. The molecule has 7 heteroatoms. The van der Waals surface area contributed by atoms with Gasteiger partial charge in [0.1, 0.15) is 0 Å². The lowest BCUT2D eigenvalue weighted by atomic mass is 10.2. The van der Waals surface area contributed by atoms with Gasteiger partial charge in [-0.1, -0.05) is 36.0 Å². The molecule has 0 saturated carbocycles. The summed E-state index contributed by atoms with van der Waals surface area (Å²) in [4.78, 5) is 22.9. The van der Waals surface area contributed by atoms with E-state index in [1.165, 1.54) is 22.2 Å². The number of carbonyl (C=O) groups is 1. The number of aryl methyl sites for hydroxylation is 1. The number of benzene rings is 1. The van der Waals surface area contributed by atoms with E-state index in [-0.39, 0.29) is 5.91 Å². The minimum Gasteiger partial charge on any atom is -0.339 e. The van der Waals surface area contributed by atoms with Gasteiger partial charge in [0.15, 0.2) is 5.16 Å². The smallest absolute Gasteiger partial charge is 0.233 e. The van der Waals surface area contributed by atoms with Crippen molar-refractivity contribution in [2.45, 2.75) is 18.6 Å². The van der Waals surface area contributed by atoms with Crippen LogP contribution in [0, 0.1) is 6.92 Å². The second kappa shape index (κ2) is 8.94. The van der Waals surface area contributed by atoms with E-state index in [1.54, 1.807) is 17.5 Å². The summed E-state index contributed by atoms with van der Waals surface area (Å²) >= 11 is 3.31. The minimum atomic E-state index is 0.195. The average molecular weight is 413 g/mol. The lowest BCUT2D eigenvalue weighted by Crippen LogP contribution is -2.48. The van der Waals surface area contributed by atoms with Crippen molar-refractivity contribution in [3.8, 4) is 5.69 Å². The van der Waals surface area contributed by atoms with Gasteiger partial charge >= 0.3 is 0 Å². The van der Waals surface area contributed by atoms with Gasteiger partial charge in [-0.25, -0.2) is 4.98 Å². The van der Waals surface area contributed by atoms with Crippen LogP contribution in [0.15, 0.2) is 59.3 Å². The zero-order valence-electron chi connectivity index (χ0n) is 16.0. The molecule has 146 valence electrons. The maximum atomic E-state index is 12.7. The van der Waals surface area contributed by atoms with Crippen molar-refractivity contribution < 1.29 is 4.79 Å². The third-order valence-corrected chi connectivity index (χ3v) is 6.80. The zero-order chi connectivity index (χ0) is 19.3. The Bertz CT molecular complexity index is 914. The van der Waals surface area contributed by atoms with E-state index in [9.17, 15) is 4.79 Å². The van der Waals surface area contributed by atoms with Crippen LogP contribution in [0.1, 0.15) is 10.4 Å². The molecule has 0 spiro atoms. The van der Waals surface area contributed by atoms with Crippen molar-refractivity contribution in [3.05, 3.63) is 64.6 Å². The van der Waals surface area contributed by atoms with Crippen LogP contribution in [0.5, 0.6) is 0 Å². The summed E-state index contributed by atoms with van der Waals surface area (Å²) < 4.78 is 2.06. The molecule has 1 fully saturated rings. The standard InChI is InChI=1S/C21H24N4OS2/c1-17-5-2-3-7-19(17)25-9-8-22-21(25)28-16-20(26)24-12-10-23(11-13-24)15-18-6-4-14-27-18/h2-9,14H,10-13,15-16H2,1H3. The van der Waals surface area contributed by atoms with E-state index in [0.717, 1.165) is 43.6 Å². The number of hydrogen-bond acceptors (Lipinski definition) is 5. The van der Waals surface area contributed by atoms with Crippen LogP contribution in [-0.4, -0.2) is 57.2 Å². The number of carbonyl (C=O) groups excluding carboxylic acids is 1. The summed E-state index contributed by atoms with van der Waals surface area (Å²) in [6.45, 7) is 6.55. The van der Waals surface area contributed by atoms with Gasteiger partial charge in [0.25, 0.3) is 0 Å². The Hall–Kier alpha value is -2.09. The van der Waals surface area contributed by atoms with Crippen LogP contribution >= 0.6 is 23.1 Å². The molecule has 0 atom stereocenters. The molecule has 1 aliphatic heterocycles.